The molecule has 10 heteroatoms. The normalized spacial score (nSPS) is 11.2. The fourth-order valence-electron chi connectivity index (χ4n) is 2.88. The van der Waals surface area contributed by atoms with Gasteiger partial charge in [0.2, 0.25) is 0 Å². The maximum absolute atomic E-state index is 13.5. The number of ether oxygens (including phenoxy) is 2. The maximum Gasteiger partial charge on any atom is 0.435 e. The third-order valence-electron chi connectivity index (χ3n) is 4.26. The van der Waals surface area contributed by atoms with E-state index in [2.05, 4.69) is 15.5 Å². The van der Waals surface area contributed by atoms with Crippen molar-refractivity contribution in [3.8, 4) is 17.4 Å². The number of carbonyl (C=O) groups is 1. The van der Waals surface area contributed by atoms with Gasteiger partial charge >= 0.3 is 6.18 Å². The molecule has 0 atom stereocenters. The van der Waals surface area contributed by atoms with E-state index in [1.165, 1.54) is 20.1 Å². The lowest BCUT2D eigenvalue weighted by Crippen LogP contribution is -2.22. The van der Waals surface area contributed by atoms with Crippen LogP contribution in [0.2, 0.25) is 0 Å². The molecule has 0 saturated carbocycles. The molecule has 6 nitrogen and oxygen atoms in total. The molecule has 0 unspecified atom stereocenters. The van der Waals surface area contributed by atoms with Gasteiger partial charge in [-0.2, -0.15) is 13.2 Å². The van der Waals surface area contributed by atoms with Crippen LogP contribution in [0.25, 0.3) is 0 Å². The molecule has 0 radical (unpaired) electrons. The van der Waals surface area contributed by atoms with Crippen LogP contribution in [0.15, 0.2) is 48.5 Å². The Balaban J connectivity index is 2.13. The van der Waals surface area contributed by atoms with Crippen LogP contribution in [-0.2, 0) is 12.6 Å². The number of methoxy groups -OCH3 is 1. The van der Waals surface area contributed by atoms with Crippen molar-refractivity contribution in [2.75, 3.05) is 12.4 Å². The van der Waals surface area contributed by atoms with Crippen LogP contribution in [0.4, 0.5) is 23.2 Å². The minimum Gasteiger partial charge on any atom is -0.493 e. The van der Waals surface area contributed by atoms with Gasteiger partial charge in [0.25, 0.3) is 11.8 Å². The molecule has 0 fully saturated rings. The zero-order chi connectivity index (χ0) is 22.6. The molecule has 3 rings (SSSR count). The van der Waals surface area contributed by atoms with Gasteiger partial charge in [0.15, 0.2) is 17.2 Å². The molecular formula is C21H17F4N3O3. The van der Waals surface area contributed by atoms with E-state index < -0.39 is 35.0 Å². The van der Waals surface area contributed by atoms with E-state index in [1.54, 1.807) is 30.3 Å². The van der Waals surface area contributed by atoms with Crippen molar-refractivity contribution in [3.05, 3.63) is 71.2 Å². The first kappa shape index (κ1) is 22.0. The van der Waals surface area contributed by atoms with Crippen molar-refractivity contribution in [2.24, 2.45) is 0 Å². The van der Waals surface area contributed by atoms with Gasteiger partial charge in [-0.3, -0.25) is 4.79 Å². The summed E-state index contributed by atoms with van der Waals surface area (Å²) in [7, 11) is 1.26. The minimum absolute atomic E-state index is 0.0332. The smallest absolute Gasteiger partial charge is 0.435 e. The molecule has 0 aliphatic heterocycles. The number of nitrogens with one attached hydrogen (secondary N) is 1. The minimum atomic E-state index is -4.83. The number of hydrogen-bond acceptors (Lipinski definition) is 5. The summed E-state index contributed by atoms with van der Waals surface area (Å²) in [5, 5.41) is 9.28. The molecule has 2 aromatic carbocycles. The van der Waals surface area contributed by atoms with Crippen LogP contribution in [0.3, 0.4) is 0 Å². The van der Waals surface area contributed by atoms with E-state index in [-0.39, 0.29) is 23.5 Å². The molecule has 1 aromatic heterocycles. The lowest BCUT2D eigenvalue weighted by molar-refractivity contribution is -0.142. The fraction of sp³-hybridized carbons (Fsp3) is 0.190. The number of hydrogen-bond donors (Lipinski definition) is 1. The van der Waals surface area contributed by atoms with Gasteiger partial charge in [-0.15, -0.1) is 10.2 Å². The van der Waals surface area contributed by atoms with Gasteiger partial charge < -0.3 is 14.8 Å². The third-order valence-corrected chi connectivity index (χ3v) is 4.26. The van der Waals surface area contributed by atoms with Crippen LogP contribution in [0, 0.1) is 5.82 Å². The Morgan fingerprint density at radius 3 is 2.39 bits per heavy atom. The first-order chi connectivity index (χ1) is 14.7. The Bertz CT molecular complexity index is 1090. The van der Waals surface area contributed by atoms with Crippen LogP contribution < -0.4 is 14.8 Å². The van der Waals surface area contributed by atoms with Crippen molar-refractivity contribution in [3.63, 3.8) is 0 Å². The predicted molar refractivity (Wildman–Crippen MR) is 104 cm³/mol. The molecule has 1 heterocycles. The Hall–Kier alpha value is -3.69. The molecule has 3 aromatic rings. The summed E-state index contributed by atoms with van der Waals surface area (Å²) in [6.07, 6.45) is -5.00. The SMILES string of the molecule is CCc1c(C(F)(F)F)nnc(Oc2ccc(F)cc2OC)c1C(=O)Nc1ccccc1. The van der Waals surface area contributed by atoms with Gasteiger partial charge in [0.05, 0.1) is 7.11 Å². The standard InChI is InChI=1S/C21H17F4N3O3/c1-3-14-17(19(29)26-13-7-5-4-6-8-13)20(28-27-18(14)21(23,24)25)31-15-10-9-12(22)11-16(15)30-2/h4-11H,3H2,1-2H3,(H,26,29). The van der Waals surface area contributed by atoms with Crippen LogP contribution in [-0.4, -0.2) is 23.2 Å². The molecule has 0 aliphatic rings. The average molecular weight is 435 g/mol. The fourth-order valence-corrected chi connectivity index (χ4v) is 2.88. The van der Waals surface area contributed by atoms with E-state index in [4.69, 9.17) is 9.47 Å². The molecule has 0 aliphatic carbocycles. The largest absolute Gasteiger partial charge is 0.493 e. The molecule has 0 spiro atoms. The number of benzene rings is 2. The Morgan fingerprint density at radius 1 is 1.06 bits per heavy atom. The number of amides is 1. The highest BCUT2D eigenvalue weighted by molar-refractivity contribution is 6.07. The second-order valence-corrected chi connectivity index (χ2v) is 6.28. The summed E-state index contributed by atoms with van der Waals surface area (Å²) in [5.41, 5.74) is -1.73. The summed E-state index contributed by atoms with van der Waals surface area (Å²) >= 11 is 0. The molecule has 1 N–H and O–H groups in total. The molecule has 31 heavy (non-hydrogen) atoms. The van der Waals surface area contributed by atoms with E-state index in [1.807, 2.05) is 0 Å². The van der Waals surface area contributed by atoms with E-state index in [0.717, 1.165) is 12.1 Å². The highest BCUT2D eigenvalue weighted by Gasteiger charge is 2.39. The van der Waals surface area contributed by atoms with E-state index in [0.29, 0.717) is 5.69 Å². The van der Waals surface area contributed by atoms with E-state index in [9.17, 15) is 22.4 Å². The summed E-state index contributed by atoms with van der Waals surface area (Å²) in [4.78, 5) is 13.0. The molecular weight excluding hydrogens is 418 g/mol. The number of nitrogens with zero attached hydrogens (tertiary/aromatic N) is 2. The van der Waals surface area contributed by atoms with Gasteiger partial charge in [-0.05, 0) is 30.7 Å². The van der Waals surface area contributed by atoms with Gasteiger partial charge in [0, 0.05) is 17.3 Å². The molecule has 1 amide bonds. The quantitative estimate of drug-likeness (QED) is 0.536. The van der Waals surface area contributed by atoms with Crippen LogP contribution in [0.1, 0.15) is 28.5 Å². The molecule has 0 saturated heterocycles. The lowest BCUT2D eigenvalue weighted by atomic mass is 10.0. The summed E-state index contributed by atoms with van der Waals surface area (Å²) in [6, 6.07) is 11.5. The average Bonchev–Trinajstić information content (AvgIpc) is 2.74. The van der Waals surface area contributed by atoms with Gasteiger partial charge in [0.1, 0.15) is 11.4 Å². The third kappa shape index (κ3) is 4.90. The van der Waals surface area contributed by atoms with Gasteiger partial charge in [-0.25, -0.2) is 4.39 Å². The number of carbonyl (C=O) groups excluding carboxylic acids is 1. The Morgan fingerprint density at radius 2 is 1.77 bits per heavy atom. The Kier molecular flexibility index (Phi) is 6.38. The number of halogens is 4. The Labute approximate surface area is 174 Å². The zero-order valence-corrected chi connectivity index (χ0v) is 16.5. The zero-order valence-electron chi connectivity index (χ0n) is 16.5. The summed E-state index contributed by atoms with van der Waals surface area (Å²) in [5.74, 6) is -2.02. The second kappa shape index (κ2) is 8.99. The second-order valence-electron chi connectivity index (χ2n) is 6.28. The molecule has 162 valence electrons. The van der Waals surface area contributed by atoms with Crippen molar-refractivity contribution in [1.82, 2.24) is 10.2 Å². The van der Waals surface area contributed by atoms with Crippen molar-refractivity contribution >= 4 is 11.6 Å². The number of para-hydroxylation sites is 1. The first-order valence-corrected chi connectivity index (χ1v) is 9.09. The van der Waals surface area contributed by atoms with Gasteiger partial charge in [-0.1, -0.05) is 25.1 Å². The lowest BCUT2D eigenvalue weighted by Gasteiger charge is -2.18. The topological polar surface area (TPSA) is 73.3 Å². The van der Waals surface area contributed by atoms with Crippen molar-refractivity contribution in [1.29, 1.82) is 0 Å². The monoisotopic (exact) mass is 435 g/mol. The number of anilines is 1. The highest BCUT2D eigenvalue weighted by Crippen LogP contribution is 2.37. The molecule has 0 bridgehead atoms. The van der Waals surface area contributed by atoms with Crippen LogP contribution in [0.5, 0.6) is 17.4 Å². The number of aromatic nitrogens is 2. The summed E-state index contributed by atoms with van der Waals surface area (Å²) < 4.78 is 64.5. The predicted octanol–water partition coefficient (Wildman–Crippen LogP) is 5.25. The highest BCUT2D eigenvalue weighted by atomic mass is 19.4. The van der Waals surface area contributed by atoms with Crippen molar-refractivity contribution < 1.29 is 31.8 Å². The van der Waals surface area contributed by atoms with Crippen molar-refractivity contribution in [2.45, 2.75) is 19.5 Å². The maximum atomic E-state index is 13.5. The first-order valence-electron chi connectivity index (χ1n) is 9.09. The number of alkyl halides is 3. The van der Waals surface area contributed by atoms with Crippen LogP contribution >= 0.6 is 0 Å². The van der Waals surface area contributed by atoms with E-state index >= 15 is 0 Å². The number of rotatable bonds is 6. The summed E-state index contributed by atoms with van der Waals surface area (Å²) in [6.45, 7) is 1.45.